The quantitative estimate of drug-likeness (QED) is 0.683. The number of carbonyl (C=O) groups excluding carboxylic acids is 1. The third-order valence-electron chi connectivity index (χ3n) is 4.35. The number of hydrogen-bond donors (Lipinski definition) is 1. The number of anilines is 1. The monoisotopic (exact) mass is 395 g/mol. The van der Waals surface area contributed by atoms with Crippen molar-refractivity contribution < 1.29 is 9.53 Å². The summed E-state index contributed by atoms with van der Waals surface area (Å²) in [7, 11) is 0. The van der Waals surface area contributed by atoms with E-state index in [1.165, 1.54) is 17.4 Å². The summed E-state index contributed by atoms with van der Waals surface area (Å²) in [5.74, 6) is 0.686. The lowest BCUT2D eigenvalue weighted by atomic mass is 10.2. The molecule has 1 aliphatic heterocycles. The van der Waals surface area contributed by atoms with E-state index in [0.29, 0.717) is 16.7 Å². The van der Waals surface area contributed by atoms with Gasteiger partial charge in [-0.1, -0.05) is 12.1 Å². The van der Waals surface area contributed by atoms with Gasteiger partial charge in [-0.2, -0.15) is 0 Å². The molecule has 2 aromatic carbocycles. The van der Waals surface area contributed by atoms with Gasteiger partial charge >= 0.3 is 0 Å². The fourth-order valence-corrected chi connectivity index (χ4v) is 3.74. The average molecular weight is 396 g/mol. The van der Waals surface area contributed by atoms with Crippen molar-refractivity contribution in [1.29, 1.82) is 0 Å². The molecule has 0 aromatic heterocycles. The first-order chi connectivity index (χ1) is 13.6. The molecule has 0 radical (unpaired) electrons. The highest BCUT2D eigenvalue weighted by Crippen LogP contribution is 2.29. The van der Waals surface area contributed by atoms with Gasteiger partial charge in [0.15, 0.2) is 5.17 Å². The summed E-state index contributed by atoms with van der Waals surface area (Å²) in [6, 6.07) is 15.7. The Balaban J connectivity index is 1.71. The fourth-order valence-electron chi connectivity index (χ4n) is 2.90. The summed E-state index contributed by atoms with van der Waals surface area (Å²) >= 11 is 1.35. The first-order valence-corrected chi connectivity index (χ1v) is 10.3. The SMILES string of the molecule is CCOc1ccc(N=C2NC(=O)/C(=C/c3ccc(N(CC)CC)cc3)S2)cc1. The minimum absolute atomic E-state index is 0.123. The molecular weight excluding hydrogens is 370 g/mol. The van der Waals surface area contributed by atoms with Gasteiger partial charge in [-0.05, 0) is 80.6 Å². The maximum Gasteiger partial charge on any atom is 0.264 e. The largest absolute Gasteiger partial charge is 0.494 e. The summed E-state index contributed by atoms with van der Waals surface area (Å²) in [4.78, 5) is 19.7. The van der Waals surface area contributed by atoms with E-state index >= 15 is 0 Å². The molecule has 0 unspecified atom stereocenters. The Morgan fingerprint density at radius 1 is 1.04 bits per heavy atom. The Labute approximate surface area is 170 Å². The van der Waals surface area contributed by atoms with E-state index in [0.717, 1.165) is 30.1 Å². The van der Waals surface area contributed by atoms with Gasteiger partial charge in [0.05, 0.1) is 17.2 Å². The normalized spacial score (nSPS) is 16.5. The summed E-state index contributed by atoms with van der Waals surface area (Å²) in [6.07, 6.45) is 1.90. The zero-order valence-electron chi connectivity index (χ0n) is 16.4. The first kappa shape index (κ1) is 20.0. The van der Waals surface area contributed by atoms with Crippen LogP contribution in [0.1, 0.15) is 26.3 Å². The highest BCUT2D eigenvalue weighted by molar-refractivity contribution is 8.18. The van der Waals surface area contributed by atoms with Crippen molar-refractivity contribution in [1.82, 2.24) is 5.32 Å². The van der Waals surface area contributed by atoms with Crippen LogP contribution >= 0.6 is 11.8 Å². The molecular formula is C22H25N3O2S. The number of ether oxygens (including phenoxy) is 1. The van der Waals surface area contributed by atoms with E-state index in [-0.39, 0.29) is 5.91 Å². The number of amides is 1. The van der Waals surface area contributed by atoms with Gasteiger partial charge in [0.2, 0.25) is 0 Å². The molecule has 5 nitrogen and oxygen atoms in total. The molecule has 2 aromatic rings. The van der Waals surface area contributed by atoms with Crippen LogP contribution in [0.25, 0.3) is 6.08 Å². The second-order valence-electron chi connectivity index (χ2n) is 6.17. The molecule has 0 spiro atoms. The topological polar surface area (TPSA) is 53.9 Å². The Hall–Kier alpha value is -2.73. The van der Waals surface area contributed by atoms with Crippen LogP contribution < -0.4 is 15.0 Å². The predicted molar refractivity (Wildman–Crippen MR) is 118 cm³/mol. The molecule has 0 bridgehead atoms. The first-order valence-electron chi connectivity index (χ1n) is 9.50. The number of benzene rings is 2. The molecule has 0 atom stereocenters. The van der Waals surface area contributed by atoms with Crippen molar-refractivity contribution in [3.05, 3.63) is 59.0 Å². The third-order valence-corrected chi connectivity index (χ3v) is 5.26. The molecule has 1 N–H and O–H groups in total. The molecule has 1 fully saturated rings. The van der Waals surface area contributed by atoms with Gasteiger partial charge in [-0.3, -0.25) is 4.79 Å². The number of nitrogens with zero attached hydrogens (tertiary/aromatic N) is 2. The lowest BCUT2D eigenvalue weighted by Gasteiger charge is -2.20. The molecule has 6 heteroatoms. The van der Waals surface area contributed by atoms with Crippen LogP contribution in [0.2, 0.25) is 0 Å². The number of nitrogens with one attached hydrogen (secondary N) is 1. The maximum atomic E-state index is 12.3. The van der Waals surface area contributed by atoms with E-state index in [1.54, 1.807) is 0 Å². The smallest absolute Gasteiger partial charge is 0.264 e. The van der Waals surface area contributed by atoms with Crippen molar-refractivity contribution in [2.45, 2.75) is 20.8 Å². The predicted octanol–water partition coefficient (Wildman–Crippen LogP) is 4.82. The van der Waals surface area contributed by atoms with Crippen LogP contribution in [-0.4, -0.2) is 30.8 Å². The molecule has 1 saturated heterocycles. The highest BCUT2D eigenvalue weighted by atomic mass is 32.2. The van der Waals surface area contributed by atoms with E-state index in [9.17, 15) is 4.79 Å². The molecule has 28 heavy (non-hydrogen) atoms. The Bertz CT molecular complexity index is 870. The van der Waals surface area contributed by atoms with E-state index in [1.807, 2.05) is 49.4 Å². The highest BCUT2D eigenvalue weighted by Gasteiger charge is 2.23. The minimum atomic E-state index is -0.123. The van der Waals surface area contributed by atoms with Gasteiger partial charge in [-0.15, -0.1) is 0 Å². The Morgan fingerprint density at radius 2 is 1.71 bits per heavy atom. The zero-order valence-corrected chi connectivity index (χ0v) is 17.3. The molecule has 1 amide bonds. The average Bonchev–Trinajstić information content (AvgIpc) is 3.04. The molecule has 146 valence electrons. The van der Waals surface area contributed by atoms with Crippen LogP contribution in [0.5, 0.6) is 5.75 Å². The van der Waals surface area contributed by atoms with Crippen molar-refractivity contribution in [2.24, 2.45) is 4.99 Å². The van der Waals surface area contributed by atoms with Gasteiger partial charge in [-0.25, -0.2) is 4.99 Å². The van der Waals surface area contributed by atoms with Crippen LogP contribution in [-0.2, 0) is 4.79 Å². The standard InChI is InChI=1S/C22H25N3O2S/c1-4-25(5-2)18-11-7-16(8-12-18)15-20-21(26)24-22(28-20)23-17-9-13-19(14-10-17)27-6-3/h7-15H,4-6H2,1-3H3,(H,23,24,26)/b20-15-. The van der Waals surface area contributed by atoms with E-state index < -0.39 is 0 Å². The number of thioether (sulfide) groups is 1. The Morgan fingerprint density at radius 3 is 2.32 bits per heavy atom. The summed E-state index contributed by atoms with van der Waals surface area (Å²) in [5.41, 5.74) is 2.96. The van der Waals surface area contributed by atoms with Crippen LogP contribution in [0.4, 0.5) is 11.4 Å². The fraction of sp³-hybridized carbons (Fsp3) is 0.273. The lowest BCUT2D eigenvalue weighted by molar-refractivity contribution is -0.115. The van der Waals surface area contributed by atoms with Crippen LogP contribution in [0, 0.1) is 0 Å². The third kappa shape index (κ3) is 4.95. The molecule has 1 heterocycles. The van der Waals surface area contributed by atoms with Gasteiger partial charge in [0.1, 0.15) is 5.75 Å². The lowest BCUT2D eigenvalue weighted by Crippen LogP contribution is -2.21. The van der Waals surface area contributed by atoms with E-state index in [4.69, 9.17) is 4.74 Å². The van der Waals surface area contributed by atoms with Crippen LogP contribution in [0.3, 0.4) is 0 Å². The van der Waals surface area contributed by atoms with E-state index in [2.05, 4.69) is 41.2 Å². The maximum absolute atomic E-state index is 12.3. The van der Waals surface area contributed by atoms with Crippen molar-refractivity contribution >= 4 is 40.3 Å². The minimum Gasteiger partial charge on any atom is -0.494 e. The molecule has 1 aliphatic rings. The number of rotatable bonds is 7. The van der Waals surface area contributed by atoms with Crippen LogP contribution in [0.15, 0.2) is 58.4 Å². The van der Waals surface area contributed by atoms with Gasteiger partial charge in [0, 0.05) is 18.8 Å². The summed E-state index contributed by atoms with van der Waals surface area (Å²) in [6.45, 7) is 8.81. The Kier molecular flexibility index (Phi) is 6.76. The molecule has 3 rings (SSSR count). The van der Waals surface area contributed by atoms with Gasteiger partial charge < -0.3 is 15.0 Å². The summed E-state index contributed by atoms with van der Waals surface area (Å²) < 4.78 is 5.43. The summed E-state index contributed by atoms with van der Waals surface area (Å²) in [5, 5.41) is 3.41. The molecule has 0 aliphatic carbocycles. The number of amidine groups is 1. The number of carbonyl (C=O) groups is 1. The second kappa shape index (κ2) is 9.46. The number of aliphatic imine (C=N–C) groups is 1. The van der Waals surface area contributed by atoms with Gasteiger partial charge in [0.25, 0.3) is 5.91 Å². The number of hydrogen-bond acceptors (Lipinski definition) is 5. The van der Waals surface area contributed by atoms with Crippen molar-refractivity contribution in [3.63, 3.8) is 0 Å². The van der Waals surface area contributed by atoms with Crippen molar-refractivity contribution in [2.75, 3.05) is 24.6 Å². The molecule has 0 saturated carbocycles. The van der Waals surface area contributed by atoms with Crippen molar-refractivity contribution in [3.8, 4) is 5.75 Å². The zero-order chi connectivity index (χ0) is 19.9. The second-order valence-corrected chi connectivity index (χ2v) is 7.20.